The summed E-state index contributed by atoms with van der Waals surface area (Å²) in [6.45, 7) is 0. The van der Waals surface area contributed by atoms with E-state index in [1.807, 2.05) is 0 Å². The number of methoxy groups -OCH3 is 1. The first-order valence-electron chi connectivity index (χ1n) is 7.76. The van der Waals surface area contributed by atoms with Gasteiger partial charge in [-0.1, -0.05) is 65.1 Å². The fraction of sp³-hybridized carbons (Fsp3) is 0.176. The van der Waals surface area contributed by atoms with E-state index >= 15 is 0 Å². The number of imide groups is 1. The number of carbonyl (C=O) groups is 2. The van der Waals surface area contributed by atoms with Gasteiger partial charge < -0.3 is 4.74 Å². The Labute approximate surface area is 178 Å². The van der Waals surface area contributed by atoms with Crippen LogP contribution in [-0.2, 0) is 20.2 Å². The second-order valence-corrected chi connectivity index (χ2v) is 8.80. The van der Waals surface area contributed by atoms with Gasteiger partial charge in [0.25, 0.3) is 21.0 Å². The van der Waals surface area contributed by atoms with Gasteiger partial charge in [-0.25, -0.2) is 13.2 Å². The average Bonchev–Trinajstić information content (AvgIpc) is 2.67. The van der Waals surface area contributed by atoms with Crippen molar-refractivity contribution >= 4 is 63.7 Å². The summed E-state index contributed by atoms with van der Waals surface area (Å²) in [5.41, 5.74) is 0.902. The Balaban J connectivity index is 2.08. The summed E-state index contributed by atoms with van der Waals surface area (Å²) < 4.78 is 20.9. The molecule has 1 aliphatic heterocycles. The van der Waals surface area contributed by atoms with Crippen molar-refractivity contribution in [2.45, 2.75) is 10.0 Å². The van der Waals surface area contributed by atoms with E-state index in [9.17, 15) is 13.8 Å². The SMILES string of the molecule is COc1ccc(N2C(=O)N(C(=O)C(Cl)(Cl)Cl)S(=O)OC2c2ccccc2)cc1. The predicted molar refractivity (Wildman–Crippen MR) is 106 cm³/mol. The molecule has 2 atom stereocenters. The van der Waals surface area contributed by atoms with E-state index in [1.165, 1.54) is 7.11 Å². The summed E-state index contributed by atoms with van der Waals surface area (Å²) in [6.07, 6.45) is -1.07. The third kappa shape index (κ3) is 4.11. The van der Waals surface area contributed by atoms with Gasteiger partial charge in [-0.3, -0.25) is 9.69 Å². The normalized spacial score (nSPS) is 20.2. The maximum absolute atomic E-state index is 13.1. The van der Waals surface area contributed by atoms with Crippen LogP contribution in [0.25, 0.3) is 0 Å². The monoisotopic (exact) mass is 462 g/mol. The predicted octanol–water partition coefficient (Wildman–Crippen LogP) is 4.13. The number of alkyl halides is 3. The average molecular weight is 464 g/mol. The molecule has 11 heteroatoms. The standard InChI is InChI=1S/C17H13Cl3N2O5S/c1-26-13-9-7-12(8-10-13)21-14(11-5-3-2-4-6-11)27-28(25)22(16(21)24)15(23)17(18,19)20/h2-10,14H,1H3. The summed E-state index contributed by atoms with van der Waals surface area (Å²) in [5.74, 6) is -0.728. The van der Waals surface area contributed by atoms with Gasteiger partial charge in [-0.2, -0.15) is 0 Å². The molecule has 1 saturated heterocycles. The van der Waals surface area contributed by atoms with Crippen LogP contribution in [0, 0.1) is 0 Å². The molecule has 1 heterocycles. The lowest BCUT2D eigenvalue weighted by molar-refractivity contribution is -0.124. The van der Waals surface area contributed by atoms with Crippen LogP contribution in [0.2, 0.25) is 0 Å². The highest BCUT2D eigenvalue weighted by Gasteiger charge is 2.49. The minimum absolute atomic E-state index is 0.274. The van der Waals surface area contributed by atoms with Gasteiger partial charge in [-0.05, 0) is 24.3 Å². The van der Waals surface area contributed by atoms with Crippen LogP contribution in [0.15, 0.2) is 54.6 Å². The molecule has 1 aliphatic rings. The maximum atomic E-state index is 13.1. The maximum Gasteiger partial charge on any atom is 0.347 e. The number of amides is 3. The molecule has 2 aromatic rings. The van der Waals surface area contributed by atoms with Gasteiger partial charge in [0.2, 0.25) is 0 Å². The van der Waals surface area contributed by atoms with Crippen LogP contribution in [-0.4, -0.2) is 31.4 Å². The van der Waals surface area contributed by atoms with Crippen LogP contribution >= 0.6 is 34.8 Å². The lowest BCUT2D eigenvalue weighted by Crippen LogP contribution is -2.57. The summed E-state index contributed by atoms with van der Waals surface area (Å²) in [6, 6.07) is 14.1. The highest BCUT2D eigenvalue weighted by molar-refractivity contribution is 7.79. The highest BCUT2D eigenvalue weighted by atomic mass is 35.6. The number of carbonyl (C=O) groups excluding carboxylic acids is 2. The summed E-state index contributed by atoms with van der Waals surface area (Å²) in [7, 11) is 1.50. The third-order valence-electron chi connectivity index (χ3n) is 3.80. The van der Waals surface area contributed by atoms with Crippen molar-refractivity contribution in [1.82, 2.24) is 4.31 Å². The second-order valence-electron chi connectivity index (χ2n) is 5.52. The molecule has 0 aliphatic carbocycles. The minimum atomic E-state index is -2.50. The number of rotatable bonds is 3. The van der Waals surface area contributed by atoms with Crippen molar-refractivity contribution < 1.29 is 22.7 Å². The zero-order chi connectivity index (χ0) is 20.5. The molecular weight excluding hydrogens is 451 g/mol. The lowest BCUT2D eigenvalue weighted by atomic mass is 10.1. The van der Waals surface area contributed by atoms with Crippen molar-refractivity contribution in [3.05, 3.63) is 60.2 Å². The number of benzene rings is 2. The largest absolute Gasteiger partial charge is 0.497 e. The van der Waals surface area contributed by atoms with Crippen molar-refractivity contribution in [2.75, 3.05) is 12.0 Å². The number of hydrogen-bond acceptors (Lipinski definition) is 5. The zero-order valence-electron chi connectivity index (χ0n) is 14.3. The molecule has 0 saturated carbocycles. The molecule has 148 valence electrons. The molecule has 2 aromatic carbocycles. The van der Waals surface area contributed by atoms with Crippen molar-refractivity contribution in [1.29, 1.82) is 0 Å². The molecule has 0 spiro atoms. The molecule has 7 nitrogen and oxygen atoms in total. The first-order valence-corrected chi connectivity index (χ1v) is 9.93. The molecule has 3 rings (SSSR count). The molecule has 2 unspecified atom stereocenters. The molecular formula is C17H13Cl3N2O5S. The van der Waals surface area contributed by atoms with Crippen LogP contribution in [0.1, 0.15) is 11.8 Å². The van der Waals surface area contributed by atoms with Crippen molar-refractivity contribution in [3.63, 3.8) is 0 Å². The first-order chi connectivity index (χ1) is 13.2. The number of anilines is 1. The summed E-state index contributed by atoms with van der Waals surface area (Å²) in [5, 5.41) is 0. The first kappa shape index (κ1) is 20.9. The smallest absolute Gasteiger partial charge is 0.347 e. The molecule has 3 amide bonds. The van der Waals surface area contributed by atoms with E-state index < -0.39 is 33.2 Å². The molecule has 0 aromatic heterocycles. The topological polar surface area (TPSA) is 76.2 Å². The molecule has 0 N–H and O–H groups in total. The Morgan fingerprint density at radius 1 is 1.11 bits per heavy atom. The van der Waals surface area contributed by atoms with Gasteiger partial charge in [0.1, 0.15) is 5.75 Å². The van der Waals surface area contributed by atoms with Crippen molar-refractivity contribution in [2.24, 2.45) is 0 Å². The number of hydrogen-bond donors (Lipinski definition) is 0. The van der Waals surface area contributed by atoms with Gasteiger partial charge in [0.05, 0.1) is 7.11 Å². The van der Waals surface area contributed by atoms with Gasteiger partial charge >= 0.3 is 6.03 Å². The Morgan fingerprint density at radius 2 is 1.71 bits per heavy atom. The van der Waals surface area contributed by atoms with E-state index in [0.717, 1.165) is 4.90 Å². The minimum Gasteiger partial charge on any atom is -0.497 e. The zero-order valence-corrected chi connectivity index (χ0v) is 17.3. The molecule has 0 bridgehead atoms. The fourth-order valence-corrected chi connectivity index (χ4v) is 3.84. The molecule has 0 radical (unpaired) electrons. The third-order valence-corrected chi connectivity index (χ3v) is 5.25. The van der Waals surface area contributed by atoms with Crippen LogP contribution in [0.3, 0.4) is 0 Å². The van der Waals surface area contributed by atoms with E-state index in [2.05, 4.69) is 0 Å². The van der Waals surface area contributed by atoms with E-state index in [1.54, 1.807) is 54.6 Å². The molecule has 28 heavy (non-hydrogen) atoms. The Hall–Kier alpha value is -1.84. The lowest BCUT2D eigenvalue weighted by Gasteiger charge is -2.39. The van der Waals surface area contributed by atoms with Crippen LogP contribution in [0.5, 0.6) is 5.75 Å². The quantitative estimate of drug-likeness (QED) is 0.640. The van der Waals surface area contributed by atoms with Crippen LogP contribution in [0.4, 0.5) is 10.5 Å². The van der Waals surface area contributed by atoms with E-state index in [-0.39, 0.29) is 4.31 Å². The Kier molecular flexibility index (Phi) is 6.16. The van der Waals surface area contributed by atoms with Gasteiger partial charge in [-0.15, -0.1) is 4.31 Å². The van der Waals surface area contributed by atoms with E-state index in [4.69, 9.17) is 43.7 Å². The highest BCUT2D eigenvalue weighted by Crippen LogP contribution is 2.38. The summed E-state index contributed by atoms with van der Waals surface area (Å²) >= 11 is 14.3. The van der Waals surface area contributed by atoms with Crippen molar-refractivity contribution in [3.8, 4) is 5.75 Å². The Bertz CT molecular complexity index is 905. The van der Waals surface area contributed by atoms with Crippen LogP contribution < -0.4 is 9.64 Å². The second kappa shape index (κ2) is 8.26. The van der Waals surface area contributed by atoms with Gasteiger partial charge in [0, 0.05) is 11.3 Å². The number of urea groups is 1. The Morgan fingerprint density at radius 3 is 2.25 bits per heavy atom. The summed E-state index contributed by atoms with van der Waals surface area (Å²) in [4.78, 5) is 26.6. The fourth-order valence-electron chi connectivity index (χ4n) is 2.51. The van der Waals surface area contributed by atoms with Gasteiger partial charge in [0.15, 0.2) is 6.23 Å². The number of nitrogens with zero attached hydrogens (tertiary/aromatic N) is 2. The molecule has 1 fully saturated rings. The number of ether oxygens (including phenoxy) is 1. The van der Waals surface area contributed by atoms with E-state index in [0.29, 0.717) is 17.0 Å². The number of halogens is 3.